The summed E-state index contributed by atoms with van der Waals surface area (Å²) in [5.41, 5.74) is -0.0635. The van der Waals surface area contributed by atoms with E-state index >= 15 is 0 Å². The van der Waals surface area contributed by atoms with Crippen molar-refractivity contribution in [1.29, 1.82) is 0 Å². The molecule has 0 aliphatic rings. The predicted octanol–water partition coefficient (Wildman–Crippen LogP) is 3.37. The fourth-order valence-electron chi connectivity index (χ4n) is 2.75. The second-order valence-electron chi connectivity index (χ2n) is 6.11. The lowest BCUT2D eigenvalue weighted by molar-refractivity contribution is 0.0322. The summed E-state index contributed by atoms with van der Waals surface area (Å²) < 4.78 is 7.20. The maximum atomic E-state index is 12.6. The third-order valence-electron chi connectivity index (χ3n) is 4.12. The van der Waals surface area contributed by atoms with E-state index in [1.165, 1.54) is 0 Å². The maximum absolute atomic E-state index is 12.6. The third-order valence-corrected chi connectivity index (χ3v) is 4.51. The number of carbonyl (C=O) groups is 1. The fraction of sp³-hybridized carbons (Fsp3) is 0.278. The number of hydrogen-bond donors (Lipinski definition) is 2. The van der Waals surface area contributed by atoms with Crippen molar-refractivity contribution in [3.8, 4) is 0 Å². The molecule has 5 nitrogen and oxygen atoms in total. The second-order valence-corrected chi connectivity index (χ2v) is 6.48. The van der Waals surface area contributed by atoms with Crippen LogP contribution in [-0.2, 0) is 12.6 Å². The van der Waals surface area contributed by atoms with E-state index in [-0.39, 0.29) is 12.5 Å². The summed E-state index contributed by atoms with van der Waals surface area (Å²) in [6, 6.07) is 11.0. The Hall–Kier alpha value is -2.24. The van der Waals surface area contributed by atoms with Crippen molar-refractivity contribution in [3.05, 3.63) is 58.6 Å². The van der Waals surface area contributed by atoms with E-state index in [2.05, 4.69) is 5.32 Å². The molecule has 24 heavy (non-hydrogen) atoms. The summed E-state index contributed by atoms with van der Waals surface area (Å²) in [6.45, 7) is 3.40. The first kappa shape index (κ1) is 16.6. The van der Waals surface area contributed by atoms with Gasteiger partial charge in [0.05, 0.1) is 11.6 Å². The Morgan fingerprint density at radius 2 is 2.04 bits per heavy atom. The second kappa shape index (κ2) is 6.00. The zero-order chi connectivity index (χ0) is 17.5. The molecule has 2 aromatic heterocycles. The van der Waals surface area contributed by atoms with Crippen LogP contribution in [0.2, 0.25) is 5.02 Å². The summed E-state index contributed by atoms with van der Waals surface area (Å²) in [6.07, 6.45) is 0. The Kier molecular flexibility index (Phi) is 4.15. The molecule has 1 atom stereocenters. The number of aryl methyl sites for hydroxylation is 2. The van der Waals surface area contributed by atoms with Crippen LogP contribution >= 0.6 is 11.6 Å². The van der Waals surface area contributed by atoms with Crippen molar-refractivity contribution in [2.45, 2.75) is 19.4 Å². The minimum absolute atomic E-state index is 0.0106. The molecule has 0 fully saturated rings. The normalized spacial score (nSPS) is 13.9. The van der Waals surface area contributed by atoms with E-state index in [0.29, 0.717) is 22.2 Å². The Morgan fingerprint density at radius 3 is 2.67 bits per heavy atom. The molecule has 1 amide bonds. The van der Waals surface area contributed by atoms with E-state index in [9.17, 15) is 9.90 Å². The molecule has 3 rings (SSSR count). The van der Waals surface area contributed by atoms with Crippen molar-refractivity contribution in [3.63, 3.8) is 0 Å². The summed E-state index contributed by atoms with van der Waals surface area (Å²) in [4.78, 5) is 12.6. The zero-order valence-electron chi connectivity index (χ0n) is 13.8. The standard InChI is InChI=1S/C18H19ClN2O3/c1-11-8-9-14(24-11)18(2,23)10-20-17(22)16-15(19)12-6-4-5-7-13(12)21(16)3/h4-9,23H,10H2,1-3H3,(H,20,22). The lowest BCUT2D eigenvalue weighted by Crippen LogP contribution is -2.39. The number of hydrogen-bond acceptors (Lipinski definition) is 3. The van der Waals surface area contributed by atoms with Crippen molar-refractivity contribution >= 4 is 28.4 Å². The highest BCUT2D eigenvalue weighted by atomic mass is 35.5. The molecule has 0 aliphatic carbocycles. The maximum Gasteiger partial charge on any atom is 0.269 e. The minimum Gasteiger partial charge on any atom is -0.463 e. The average Bonchev–Trinajstić information content (AvgIpc) is 3.09. The van der Waals surface area contributed by atoms with Gasteiger partial charge >= 0.3 is 0 Å². The van der Waals surface area contributed by atoms with Gasteiger partial charge in [0.25, 0.3) is 5.91 Å². The molecular formula is C18H19ClN2O3. The van der Waals surface area contributed by atoms with Crippen LogP contribution in [0.3, 0.4) is 0 Å². The van der Waals surface area contributed by atoms with E-state index in [1.54, 1.807) is 37.6 Å². The molecule has 3 aromatic rings. The number of amides is 1. The molecule has 0 aliphatic heterocycles. The molecular weight excluding hydrogens is 328 g/mol. The molecule has 6 heteroatoms. The Bertz CT molecular complexity index is 869. The van der Waals surface area contributed by atoms with Crippen LogP contribution in [0.15, 0.2) is 40.8 Å². The quantitative estimate of drug-likeness (QED) is 0.761. The molecule has 2 heterocycles. The number of aliphatic hydroxyl groups is 1. The summed E-state index contributed by atoms with van der Waals surface area (Å²) in [5.74, 6) is 0.763. The SMILES string of the molecule is Cc1ccc(C(C)(O)CNC(=O)c2c(Cl)c3ccccc3n2C)o1. The summed E-state index contributed by atoms with van der Waals surface area (Å²) in [7, 11) is 1.79. The molecule has 0 radical (unpaired) electrons. The van der Waals surface area contributed by atoms with Crippen molar-refractivity contribution in [1.82, 2.24) is 9.88 Å². The highest BCUT2D eigenvalue weighted by molar-refractivity contribution is 6.38. The van der Waals surface area contributed by atoms with Crippen molar-refractivity contribution in [2.24, 2.45) is 7.05 Å². The number of rotatable bonds is 4. The number of nitrogens with one attached hydrogen (secondary N) is 1. The lowest BCUT2D eigenvalue weighted by atomic mass is 10.0. The van der Waals surface area contributed by atoms with Gasteiger partial charge in [0.1, 0.15) is 22.8 Å². The first-order chi connectivity index (χ1) is 11.3. The Morgan fingerprint density at radius 1 is 1.33 bits per heavy atom. The van der Waals surface area contributed by atoms with Gasteiger partial charge in [-0.3, -0.25) is 4.79 Å². The molecule has 2 N–H and O–H groups in total. The van der Waals surface area contributed by atoms with E-state index in [4.69, 9.17) is 16.0 Å². The monoisotopic (exact) mass is 346 g/mol. The first-order valence-electron chi connectivity index (χ1n) is 7.61. The van der Waals surface area contributed by atoms with Gasteiger partial charge in [0.2, 0.25) is 0 Å². The largest absolute Gasteiger partial charge is 0.463 e. The van der Waals surface area contributed by atoms with Crippen LogP contribution in [0.25, 0.3) is 10.9 Å². The molecule has 1 unspecified atom stereocenters. The fourth-order valence-corrected chi connectivity index (χ4v) is 3.12. The van der Waals surface area contributed by atoms with Crippen LogP contribution in [0.1, 0.15) is 28.9 Å². The van der Waals surface area contributed by atoms with Crippen LogP contribution in [0.4, 0.5) is 0 Å². The van der Waals surface area contributed by atoms with E-state index in [0.717, 1.165) is 10.9 Å². The summed E-state index contributed by atoms with van der Waals surface area (Å²) in [5, 5.41) is 14.5. The number of halogens is 1. The number of furan rings is 1. The summed E-state index contributed by atoms with van der Waals surface area (Å²) >= 11 is 6.36. The van der Waals surface area contributed by atoms with Crippen LogP contribution < -0.4 is 5.32 Å². The Balaban J connectivity index is 1.83. The van der Waals surface area contributed by atoms with E-state index in [1.807, 2.05) is 24.3 Å². The molecule has 0 saturated carbocycles. The van der Waals surface area contributed by atoms with Gasteiger partial charge in [-0.1, -0.05) is 29.8 Å². The van der Waals surface area contributed by atoms with E-state index < -0.39 is 5.60 Å². The van der Waals surface area contributed by atoms with Gasteiger partial charge in [-0.15, -0.1) is 0 Å². The third kappa shape index (κ3) is 2.81. The van der Waals surface area contributed by atoms with Crippen LogP contribution in [-0.4, -0.2) is 22.1 Å². The van der Waals surface area contributed by atoms with Gasteiger partial charge in [-0.25, -0.2) is 0 Å². The first-order valence-corrected chi connectivity index (χ1v) is 7.99. The topological polar surface area (TPSA) is 67.4 Å². The van der Waals surface area contributed by atoms with Crippen LogP contribution in [0.5, 0.6) is 0 Å². The molecule has 0 bridgehead atoms. The van der Waals surface area contributed by atoms with Gasteiger partial charge in [0, 0.05) is 18.0 Å². The highest BCUT2D eigenvalue weighted by Gasteiger charge is 2.29. The van der Waals surface area contributed by atoms with Crippen molar-refractivity contribution in [2.75, 3.05) is 6.54 Å². The minimum atomic E-state index is -1.30. The molecule has 0 saturated heterocycles. The Labute approximate surface area is 144 Å². The molecule has 0 spiro atoms. The zero-order valence-corrected chi connectivity index (χ0v) is 14.5. The van der Waals surface area contributed by atoms with Gasteiger partial charge in [-0.05, 0) is 32.0 Å². The molecule has 126 valence electrons. The number of benzene rings is 1. The number of nitrogens with zero attached hydrogens (tertiary/aromatic N) is 1. The number of carbonyl (C=O) groups excluding carboxylic acids is 1. The average molecular weight is 347 g/mol. The van der Waals surface area contributed by atoms with Crippen molar-refractivity contribution < 1.29 is 14.3 Å². The molecule has 1 aromatic carbocycles. The number of para-hydroxylation sites is 1. The van der Waals surface area contributed by atoms with Gasteiger partial charge in [0.15, 0.2) is 0 Å². The lowest BCUT2D eigenvalue weighted by Gasteiger charge is -2.21. The van der Waals surface area contributed by atoms with Crippen LogP contribution in [0, 0.1) is 6.92 Å². The van der Waals surface area contributed by atoms with Gasteiger partial charge in [-0.2, -0.15) is 0 Å². The highest BCUT2D eigenvalue weighted by Crippen LogP contribution is 2.30. The number of fused-ring (bicyclic) bond motifs is 1. The smallest absolute Gasteiger partial charge is 0.269 e. The predicted molar refractivity (Wildman–Crippen MR) is 93.3 cm³/mol. The van der Waals surface area contributed by atoms with Gasteiger partial charge < -0.3 is 19.4 Å². The number of aromatic nitrogens is 1.